The van der Waals surface area contributed by atoms with Crippen LogP contribution in [0.1, 0.15) is 20.3 Å². The van der Waals surface area contributed by atoms with Crippen molar-refractivity contribution in [2.24, 2.45) is 5.92 Å². The number of aliphatic hydroxyl groups is 5. The molecule has 0 bridgehead atoms. The minimum atomic E-state index is -2.49. The summed E-state index contributed by atoms with van der Waals surface area (Å²) in [6, 6.07) is -1.09. The molecule has 0 saturated carbocycles. The summed E-state index contributed by atoms with van der Waals surface area (Å²) in [6.45, 7) is 2.58. The van der Waals surface area contributed by atoms with Crippen LogP contribution in [0.4, 0.5) is 0 Å². The molecule has 9 nitrogen and oxygen atoms in total. The normalized spacial score (nSPS) is 38.5. The number of carbonyl (C=O) groups is 1. The zero-order valence-electron chi connectivity index (χ0n) is 11.9. The first-order chi connectivity index (χ1) is 9.62. The van der Waals surface area contributed by atoms with Gasteiger partial charge in [0.25, 0.3) is 0 Å². The molecule has 2 unspecified atom stereocenters. The lowest BCUT2D eigenvalue weighted by Crippen LogP contribution is -2.69. The Labute approximate surface area is 121 Å². The lowest BCUT2D eigenvalue weighted by Gasteiger charge is -2.45. The van der Waals surface area contributed by atoms with Crippen LogP contribution in [-0.4, -0.2) is 79.6 Å². The number of ether oxygens (including phenoxy) is 1. The highest BCUT2D eigenvalue weighted by Crippen LogP contribution is 2.27. The molecule has 0 aromatic heterocycles. The van der Waals surface area contributed by atoms with Gasteiger partial charge < -0.3 is 35.4 Å². The van der Waals surface area contributed by atoms with Gasteiger partial charge in [0.1, 0.15) is 30.6 Å². The largest absolute Gasteiger partial charge is 0.480 e. The van der Waals surface area contributed by atoms with E-state index in [0.29, 0.717) is 0 Å². The van der Waals surface area contributed by atoms with Crippen molar-refractivity contribution in [3.05, 3.63) is 0 Å². The summed E-state index contributed by atoms with van der Waals surface area (Å²) in [7, 11) is 0. The van der Waals surface area contributed by atoms with E-state index in [1.807, 2.05) is 0 Å². The van der Waals surface area contributed by atoms with Crippen molar-refractivity contribution < 1.29 is 40.2 Å². The van der Waals surface area contributed by atoms with Crippen LogP contribution in [0.2, 0.25) is 0 Å². The maximum Gasteiger partial charge on any atom is 0.320 e. The van der Waals surface area contributed by atoms with Crippen LogP contribution < -0.4 is 5.32 Å². The van der Waals surface area contributed by atoms with E-state index in [4.69, 9.17) is 14.9 Å². The number of aliphatic carboxylic acids is 1. The average molecular weight is 309 g/mol. The summed E-state index contributed by atoms with van der Waals surface area (Å²) in [5, 5.41) is 59.6. The molecule has 9 heteroatoms. The summed E-state index contributed by atoms with van der Waals surface area (Å²) in [5.74, 6) is -3.64. The first-order valence-corrected chi connectivity index (χ1v) is 6.66. The van der Waals surface area contributed by atoms with E-state index in [0.717, 1.165) is 0 Å². The van der Waals surface area contributed by atoms with Crippen LogP contribution in [0.5, 0.6) is 0 Å². The number of carboxylic acids is 1. The molecule has 0 amide bonds. The van der Waals surface area contributed by atoms with Crippen molar-refractivity contribution in [3.63, 3.8) is 0 Å². The van der Waals surface area contributed by atoms with E-state index in [2.05, 4.69) is 5.32 Å². The highest BCUT2D eigenvalue weighted by molar-refractivity contribution is 5.73. The third-order valence-electron chi connectivity index (χ3n) is 3.37. The van der Waals surface area contributed by atoms with Crippen LogP contribution in [0, 0.1) is 5.92 Å². The molecule has 1 aliphatic heterocycles. The maximum absolute atomic E-state index is 11.2. The Morgan fingerprint density at radius 3 is 2.29 bits per heavy atom. The highest BCUT2D eigenvalue weighted by atomic mass is 16.7. The standard InChI is InChI=1S/C12H23NO8/c1-5(2)3-6(11(18)19)13-10-8(16)7(15)9(17)12(20,4-14)21-10/h5-10,13-17,20H,3-4H2,1-2H3,(H,18,19)/t6?,7-,8+,9+,10?,12+/m1/s1. The molecule has 1 rings (SSSR count). The van der Waals surface area contributed by atoms with E-state index in [1.54, 1.807) is 13.8 Å². The van der Waals surface area contributed by atoms with Crippen molar-refractivity contribution >= 4 is 5.97 Å². The Morgan fingerprint density at radius 1 is 1.29 bits per heavy atom. The molecule has 7 N–H and O–H groups in total. The van der Waals surface area contributed by atoms with E-state index < -0.39 is 48.9 Å². The number of carboxylic acid groups (broad SMARTS) is 1. The second-order valence-electron chi connectivity index (χ2n) is 5.65. The van der Waals surface area contributed by atoms with Crippen molar-refractivity contribution in [2.75, 3.05) is 6.61 Å². The molecular formula is C12H23NO8. The van der Waals surface area contributed by atoms with Gasteiger partial charge in [0.05, 0.1) is 6.61 Å². The van der Waals surface area contributed by atoms with Gasteiger partial charge in [0, 0.05) is 0 Å². The Kier molecular flexibility index (Phi) is 6.05. The smallest absolute Gasteiger partial charge is 0.320 e. The first-order valence-electron chi connectivity index (χ1n) is 6.66. The summed E-state index contributed by atoms with van der Waals surface area (Å²) in [5.41, 5.74) is 0. The molecule has 1 aliphatic rings. The molecule has 1 heterocycles. The first kappa shape index (κ1) is 18.2. The van der Waals surface area contributed by atoms with Crippen molar-refractivity contribution in [2.45, 2.75) is 56.6 Å². The Hall–Kier alpha value is -0.810. The van der Waals surface area contributed by atoms with Crippen molar-refractivity contribution in [1.29, 1.82) is 0 Å². The van der Waals surface area contributed by atoms with Gasteiger partial charge in [-0.2, -0.15) is 0 Å². The minimum Gasteiger partial charge on any atom is -0.480 e. The number of rotatable bonds is 6. The molecule has 124 valence electrons. The van der Waals surface area contributed by atoms with Crippen LogP contribution in [0.3, 0.4) is 0 Å². The number of aliphatic hydroxyl groups excluding tert-OH is 4. The minimum absolute atomic E-state index is 0.0339. The monoisotopic (exact) mass is 309 g/mol. The van der Waals surface area contributed by atoms with Gasteiger partial charge in [0.2, 0.25) is 5.79 Å². The summed E-state index contributed by atoms with van der Waals surface area (Å²) in [4.78, 5) is 11.2. The van der Waals surface area contributed by atoms with Crippen LogP contribution >= 0.6 is 0 Å². The van der Waals surface area contributed by atoms with Gasteiger partial charge in [-0.05, 0) is 12.3 Å². The molecule has 1 fully saturated rings. The summed E-state index contributed by atoms with van der Waals surface area (Å²) in [6.07, 6.45) is -6.63. The molecule has 1 saturated heterocycles. The lowest BCUT2D eigenvalue weighted by molar-refractivity contribution is -0.360. The summed E-state index contributed by atoms with van der Waals surface area (Å²) >= 11 is 0. The van der Waals surface area contributed by atoms with Gasteiger partial charge in [-0.15, -0.1) is 0 Å². The topological polar surface area (TPSA) is 160 Å². The molecule has 21 heavy (non-hydrogen) atoms. The van der Waals surface area contributed by atoms with Crippen molar-refractivity contribution in [1.82, 2.24) is 5.32 Å². The third kappa shape index (κ3) is 4.10. The fourth-order valence-corrected chi connectivity index (χ4v) is 2.17. The average Bonchev–Trinajstić information content (AvgIpc) is 2.41. The molecule has 0 radical (unpaired) electrons. The second kappa shape index (κ2) is 6.97. The Bertz CT molecular complexity index is 365. The van der Waals surface area contributed by atoms with Crippen LogP contribution in [0.25, 0.3) is 0 Å². The van der Waals surface area contributed by atoms with E-state index in [1.165, 1.54) is 0 Å². The van der Waals surface area contributed by atoms with Gasteiger partial charge in [-0.3, -0.25) is 10.1 Å². The molecule has 0 aliphatic carbocycles. The molecule has 0 aromatic carbocycles. The van der Waals surface area contributed by atoms with Gasteiger partial charge in [-0.25, -0.2) is 0 Å². The second-order valence-corrected chi connectivity index (χ2v) is 5.65. The van der Waals surface area contributed by atoms with Crippen LogP contribution in [-0.2, 0) is 9.53 Å². The lowest BCUT2D eigenvalue weighted by atomic mass is 9.94. The van der Waals surface area contributed by atoms with E-state index >= 15 is 0 Å². The van der Waals surface area contributed by atoms with Gasteiger partial charge in [-0.1, -0.05) is 13.8 Å². The predicted octanol–water partition coefficient (Wildman–Crippen LogP) is -2.80. The Balaban J connectivity index is 2.87. The maximum atomic E-state index is 11.2. The fourth-order valence-electron chi connectivity index (χ4n) is 2.17. The van der Waals surface area contributed by atoms with Crippen LogP contribution in [0.15, 0.2) is 0 Å². The van der Waals surface area contributed by atoms with E-state index in [9.17, 15) is 25.2 Å². The third-order valence-corrected chi connectivity index (χ3v) is 3.37. The molecule has 0 aromatic rings. The molecule has 0 spiro atoms. The number of hydrogen-bond acceptors (Lipinski definition) is 8. The zero-order valence-corrected chi connectivity index (χ0v) is 11.9. The number of hydrogen-bond donors (Lipinski definition) is 7. The quantitative estimate of drug-likeness (QED) is 0.275. The SMILES string of the molecule is CC(C)CC(NC1O[C@@](O)(CO)[C@@H](O)[C@H](O)[C@@H]1O)C(=O)O. The fraction of sp³-hybridized carbons (Fsp3) is 0.917. The van der Waals surface area contributed by atoms with Gasteiger partial charge in [0.15, 0.2) is 0 Å². The highest BCUT2D eigenvalue weighted by Gasteiger charge is 2.53. The Morgan fingerprint density at radius 2 is 1.86 bits per heavy atom. The molecular weight excluding hydrogens is 286 g/mol. The van der Waals surface area contributed by atoms with E-state index in [-0.39, 0.29) is 12.3 Å². The predicted molar refractivity (Wildman–Crippen MR) is 68.9 cm³/mol. The zero-order chi connectivity index (χ0) is 16.4. The number of nitrogens with one attached hydrogen (secondary N) is 1. The van der Waals surface area contributed by atoms with Crippen molar-refractivity contribution in [3.8, 4) is 0 Å². The van der Waals surface area contributed by atoms with Gasteiger partial charge >= 0.3 is 5.97 Å². The summed E-state index contributed by atoms with van der Waals surface area (Å²) < 4.78 is 4.95. The molecule has 6 atom stereocenters.